The van der Waals surface area contributed by atoms with Crippen LogP contribution in [0.15, 0.2) is 28.8 Å². The lowest BCUT2D eigenvalue weighted by atomic mass is 10.0. The average molecular weight is 382 g/mol. The molecule has 0 aliphatic carbocycles. The van der Waals surface area contributed by atoms with E-state index < -0.39 is 0 Å². The van der Waals surface area contributed by atoms with Gasteiger partial charge in [0, 0.05) is 55.5 Å². The Kier molecular flexibility index (Phi) is 5.09. The summed E-state index contributed by atoms with van der Waals surface area (Å²) in [5.41, 5.74) is 4.49. The molecule has 0 amide bonds. The second kappa shape index (κ2) is 7.67. The molecule has 0 N–H and O–H groups in total. The van der Waals surface area contributed by atoms with Gasteiger partial charge < -0.3 is 13.9 Å². The first-order valence-corrected chi connectivity index (χ1v) is 9.57. The first-order valence-electron chi connectivity index (χ1n) is 9.57. The maximum absolute atomic E-state index is 5.77. The highest BCUT2D eigenvalue weighted by atomic mass is 16.5. The minimum atomic E-state index is 0.602. The molecule has 1 aliphatic heterocycles. The number of ether oxygens (including phenoxy) is 2. The molecule has 0 spiro atoms. The molecule has 1 aliphatic rings. The van der Waals surface area contributed by atoms with Crippen molar-refractivity contribution in [1.82, 2.24) is 19.7 Å². The maximum Gasteiger partial charge on any atom is 0.247 e. The van der Waals surface area contributed by atoms with Crippen LogP contribution in [0, 0.1) is 6.92 Å². The molecular weight excluding hydrogens is 356 g/mol. The summed E-state index contributed by atoms with van der Waals surface area (Å²) in [7, 11) is 3.36. The van der Waals surface area contributed by atoms with Crippen LogP contribution in [0.4, 0.5) is 0 Å². The highest BCUT2D eigenvalue weighted by molar-refractivity contribution is 5.55. The number of methoxy groups -OCH3 is 2. The van der Waals surface area contributed by atoms with E-state index >= 15 is 0 Å². The van der Waals surface area contributed by atoms with Crippen LogP contribution in [0.2, 0.25) is 0 Å². The van der Waals surface area contributed by atoms with Crippen LogP contribution in [0.3, 0.4) is 0 Å². The van der Waals surface area contributed by atoms with Crippen molar-refractivity contribution in [3.05, 3.63) is 47.0 Å². The Morgan fingerprint density at radius 3 is 2.75 bits per heavy atom. The summed E-state index contributed by atoms with van der Waals surface area (Å²) in [6.45, 7) is 7.44. The lowest BCUT2D eigenvalue weighted by Crippen LogP contribution is -2.31. The number of aromatic nitrogens is 3. The van der Waals surface area contributed by atoms with Gasteiger partial charge in [-0.1, -0.05) is 6.07 Å². The maximum atomic E-state index is 5.77. The smallest absolute Gasteiger partial charge is 0.247 e. The Balaban J connectivity index is 1.62. The number of aryl methyl sites for hydroxylation is 2. The molecule has 0 atom stereocenters. The molecule has 0 fully saturated rings. The normalized spacial score (nSPS) is 14.1. The summed E-state index contributed by atoms with van der Waals surface area (Å²) in [5.74, 6) is 3.04. The van der Waals surface area contributed by atoms with Gasteiger partial charge in [-0.15, -0.1) is 0 Å². The van der Waals surface area contributed by atoms with Gasteiger partial charge in [0.15, 0.2) is 5.69 Å². The molecule has 7 heteroatoms. The van der Waals surface area contributed by atoms with Crippen LogP contribution in [-0.2, 0) is 26.1 Å². The van der Waals surface area contributed by atoms with Crippen molar-refractivity contribution < 1.29 is 13.9 Å². The number of oxazole rings is 1. The number of fused-ring (bicyclic) bond motifs is 1. The van der Waals surface area contributed by atoms with Gasteiger partial charge in [0.1, 0.15) is 17.3 Å². The molecule has 3 aromatic rings. The molecule has 0 saturated carbocycles. The van der Waals surface area contributed by atoms with Crippen LogP contribution in [0.1, 0.15) is 29.5 Å². The van der Waals surface area contributed by atoms with Crippen molar-refractivity contribution >= 4 is 0 Å². The van der Waals surface area contributed by atoms with E-state index in [1.165, 1.54) is 11.3 Å². The second-order valence-electron chi connectivity index (χ2n) is 7.00. The second-order valence-corrected chi connectivity index (χ2v) is 7.00. The van der Waals surface area contributed by atoms with Gasteiger partial charge in [-0.25, -0.2) is 4.98 Å². The standard InChI is InChI=1S/C21H26N4O3/c1-5-25-18-8-9-24(12-15-6-7-16(26-3)10-19(15)27-4)13-17(18)20(23-25)21-22-11-14(2)28-21/h6-7,10-11H,5,8-9,12-13H2,1-4H3. The van der Waals surface area contributed by atoms with Gasteiger partial charge >= 0.3 is 0 Å². The summed E-state index contributed by atoms with van der Waals surface area (Å²) >= 11 is 0. The Bertz CT molecular complexity index is 976. The van der Waals surface area contributed by atoms with Crippen molar-refractivity contribution in [2.24, 2.45) is 0 Å². The molecular formula is C21H26N4O3. The summed E-state index contributed by atoms with van der Waals surface area (Å²) in [4.78, 5) is 6.81. The SMILES string of the molecule is CCn1nc(-c2ncc(C)o2)c2c1CCN(Cc1ccc(OC)cc1OC)C2. The van der Waals surface area contributed by atoms with E-state index in [0.717, 1.165) is 61.1 Å². The Hall–Kier alpha value is -2.80. The lowest BCUT2D eigenvalue weighted by Gasteiger charge is -2.28. The van der Waals surface area contributed by atoms with Crippen molar-refractivity contribution in [3.63, 3.8) is 0 Å². The summed E-state index contributed by atoms with van der Waals surface area (Å²) in [6, 6.07) is 5.98. The van der Waals surface area contributed by atoms with Crippen molar-refractivity contribution in [2.75, 3.05) is 20.8 Å². The zero-order valence-corrected chi connectivity index (χ0v) is 16.9. The third kappa shape index (κ3) is 3.38. The first-order chi connectivity index (χ1) is 13.6. The molecule has 2 aromatic heterocycles. The van der Waals surface area contributed by atoms with Crippen molar-refractivity contribution in [2.45, 2.75) is 39.9 Å². The average Bonchev–Trinajstić information content (AvgIpc) is 3.31. The Morgan fingerprint density at radius 1 is 1.21 bits per heavy atom. The van der Waals surface area contributed by atoms with Crippen LogP contribution >= 0.6 is 0 Å². The molecule has 148 valence electrons. The molecule has 0 bridgehead atoms. The molecule has 0 saturated heterocycles. The topological polar surface area (TPSA) is 65.6 Å². The number of hydrogen-bond acceptors (Lipinski definition) is 6. The summed E-state index contributed by atoms with van der Waals surface area (Å²) in [6.07, 6.45) is 2.70. The van der Waals surface area contributed by atoms with E-state index in [0.29, 0.717) is 5.89 Å². The van der Waals surface area contributed by atoms with E-state index in [9.17, 15) is 0 Å². The van der Waals surface area contributed by atoms with E-state index in [1.54, 1.807) is 20.4 Å². The van der Waals surface area contributed by atoms with Crippen LogP contribution < -0.4 is 9.47 Å². The van der Waals surface area contributed by atoms with Gasteiger partial charge in [-0.2, -0.15) is 5.10 Å². The van der Waals surface area contributed by atoms with Crippen molar-refractivity contribution in [3.8, 4) is 23.1 Å². The number of hydrogen-bond donors (Lipinski definition) is 0. The minimum absolute atomic E-state index is 0.602. The zero-order chi connectivity index (χ0) is 19.7. The number of benzene rings is 1. The third-order valence-electron chi connectivity index (χ3n) is 5.22. The molecule has 28 heavy (non-hydrogen) atoms. The summed E-state index contributed by atoms with van der Waals surface area (Å²) < 4.78 is 18.7. The molecule has 3 heterocycles. The van der Waals surface area contributed by atoms with Gasteiger partial charge in [0.05, 0.1) is 20.4 Å². The molecule has 7 nitrogen and oxygen atoms in total. The Morgan fingerprint density at radius 2 is 2.07 bits per heavy atom. The molecule has 1 aromatic carbocycles. The summed E-state index contributed by atoms with van der Waals surface area (Å²) in [5, 5.41) is 4.78. The highest BCUT2D eigenvalue weighted by Crippen LogP contribution is 2.32. The fourth-order valence-electron chi connectivity index (χ4n) is 3.80. The largest absolute Gasteiger partial charge is 0.497 e. The lowest BCUT2D eigenvalue weighted by molar-refractivity contribution is 0.238. The van der Waals surface area contributed by atoms with Crippen LogP contribution in [-0.4, -0.2) is 40.4 Å². The van der Waals surface area contributed by atoms with E-state index in [2.05, 4.69) is 27.6 Å². The van der Waals surface area contributed by atoms with E-state index in [4.69, 9.17) is 19.0 Å². The van der Waals surface area contributed by atoms with Gasteiger partial charge in [-0.3, -0.25) is 9.58 Å². The van der Waals surface area contributed by atoms with Gasteiger partial charge in [0.25, 0.3) is 0 Å². The van der Waals surface area contributed by atoms with Gasteiger partial charge in [-0.05, 0) is 19.9 Å². The van der Waals surface area contributed by atoms with Crippen LogP contribution in [0.5, 0.6) is 11.5 Å². The predicted octanol–water partition coefficient (Wildman–Crippen LogP) is 3.44. The fourth-order valence-corrected chi connectivity index (χ4v) is 3.80. The quantitative estimate of drug-likeness (QED) is 0.651. The number of nitrogens with zero attached hydrogens (tertiary/aromatic N) is 4. The molecule has 0 radical (unpaired) electrons. The first kappa shape index (κ1) is 18.6. The third-order valence-corrected chi connectivity index (χ3v) is 5.22. The molecule has 0 unspecified atom stereocenters. The highest BCUT2D eigenvalue weighted by Gasteiger charge is 2.27. The monoisotopic (exact) mass is 382 g/mol. The van der Waals surface area contributed by atoms with Gasteiger partial charge in [0.2, 0.25) is 5.89 Å². The Labute approximate surface area is 164 Å². The molecule has 4 rings (SSSR count). The van der Waals surface area contributed by atoms with E-state index in [-0.39, 0.29) is 0 Å². The number of rotatable bonds is 6. The zero-order valence-electron chi connectivity index (χ0n) is 16.9. The minimum Gasteiger partial charge on any atom is -0.497 e. The van der Waals surface area contributed by atoms with Crippen molar-refractivity contribution in [1.29, 1.82) is 0 Å². The predicted molar refractivity (Wildman–Crippen MR) is 105 cm³/mol. The fraction of sp³-hybridized carbons (Fsp3) is 0.429. The van der Waals surface area contributed by atoms with E-state index in [1.807, 2.05) is 19.1 Å². The van der Waals surface area contributed by atoms with Crippen LogP contribution in [0.25, 0.3) is 11.6 Å².